The van der Waals surface area contributed by atoms with E-state index in [1.54, 1.807) is 12.2 Å². The summed E-state index contributed by atoms with van der Waals surface area (Å²) < 4.78 is 22.1. The van der Waals surface area contributed by atoms with Crippen LogP contribution in [0, 0.1) is 5.92 Å². The maximum Gasteiger partial charge on any atom is 0.408 e. The number of allylic oxidation sites excluding steroid dienone is 1. The number of esters is 1. The molecule has 1 aliphatic rings. The summed E-state index contributed by atoms with van der Waals surface area (Å²) in [6, 6.07) is 33.4. The monoisotopic (exact) mass is 848 g/mol. The molecule has 4 aromatic rings. The van der Waals surface area contributed by atoms with Gasteiger partial charge in [-0.15, -0.1) is 0 Å². The maximum absolute atomic E-state index is 13.8. The number of unbranched alkanes of at least 4 members (excludes halogenated alkanes) is 1. The number of benzene rings is 4. The lowest BCUT2D eigenvalue weighted by atomic mass is 9.97. The lowest BCUT2D eigenvalue weighted by molar-refractivity contribution is -0.147. The van der Waals surface area contributed by atoms with E-state index in [-0.39, 0.29) is 45.7 Å². The van der Waals surface area contributed by atoms with Crippen molar-refractivity contribution < 1.29 is 48.0 Å². The first kappa shape index (κ1) is 46.4. The van der Waals surface area contributed by atoms with Crippen LogP contribution >= 0.6 is 0 Å². The largest absolute Gasteiger partial charge is 0.489 e. The standard InChI is InChI=1S/C48H56N4O10/c53-30-41(28-35-23-25-42(26-24-35)59-31-36-14-4-1-5-15-36)50-44(54)29-39-20-10-11-22-43(52-48(58)62-33-38-18-8-3-9-19-38)46(56)60-34-40(51-45(39)55)21-12-13-27-49-47(57)61-32-37-16-6-2-7-17-37/h1-11,14-19,23-26,39-41,43,53H,12-13,20-22,27-34H2,(H,49,57)(H,50,54)(H,51,55)(H,52,58). The molecule has 0 fully saturated rings. The summed E-state index contributed by atoms with van der Waals surface area (Å²) >= 11 is 0. The second-order valence-corrected chi connectivity index (χ2v) is 15.0. The van der Waals surface area contributed by atoms with Gasteiger partial charge in [0.1, 0.15) is 38.2 Å². The number of alkyl carbamates (subject to hydrolysis) is 2. The van der Waals surface area contributed by atoms with E-state index >= 15 is 0 Å². The van der Waals surface area contributed by atoms with Gasteiger partial charge in [-0.05, 0) is 72.9 Å². The fourth-order valence-electron chi connectivity index (χ4n) is 6.60. The number of carbonyl (C=O) groups is 5. The van der Waals surface area contributed by atoms with Crippen molar-refractivity contribution in [1.29, 1.82) is 0 Å². The first-order valence-corrected chi connectivity index (χ1v) is 20.9. The molecule has 1 heterocycles. The van der Waals surface area contributed by atoms with Crippen molar-refractivity contribution in [3.8, 4) is 5.75 Å². The second kappa shape index (κ2) is 25.8. The first-order valence-electron chi connectivity index (χ1n) is 20.9. The fourth-order valence-corrected chi connectivity index (χ4v) is 6.60. The van der Waals surface area contributed by atoms with Gasteiger partial charge in [0, 0.05) is 13.0 Å². The van der Waals surface area contributed by atoms with E-state index < -0.39 is 54.0 Å². The predicted molar refractivity (Wildman–Crippen MR) is 231 cm³/mol. The molecule has 0 saturated carbocycles. The number of rotatable bonds is 19. The van der Waals surface area contributed by atoms with Gasteiger partial charge in [0.2, 0.25) is 11.8 Å². The van der Waals surface area contributed by atoms with Crippen LogP contribution in [0.5, 0.6) is 5.75 Å². The molecule has 328 valence electrons. The number of nitrogens with one attached hydrogen (secondary N) is 4. The molecule has 5 N–H and O–H groups in total. The Labute approximate surface area is 362 Å². The molecule has 14 heteroatoms. The van der Waals surface area contributed by atoms with Crippen molar-refractivity contribution in [3.05, 3.63) is 150 Å². The Bertz CT molecular complexity index is 2020. The molecule has 0 radical (unpaired) electrons. The zero-order valence-corrected chi connectivity index (χ0v) is 34.7. The highest BCUT2D eigenvalue weighted by Gasteiger charge is 2.28. The summed E-state index contributed by atoms with van der Waals surface area (Å²) in [4.78, 5) is 65.4. The molecule has 0 saturated heterocycles. The number of ether oxygens (including phenoxy) is 4. The van der Waals surface area contributed by atoms with E-state index in [1.807, 2.05) is 115 Å². The molecule has 1 aliphatic heterocycles. The third-order valence-corrected chi connectivity index (χ3v) is 10.0. The SMILES string of the molecule is O=C(CC1CC=CCC(NC(=O)OCc2ccccc2)C(=O)OCC(CCCCNC(=O)OCc2ccccc2)NC1=O)NC(CO)Cc1ccc(OCc2ccccc2)cc1. The molecular formula is C48H56N4O10. The molecule has 5 rings (SSSR count). The Morgan fingerprint density at radius 2 is 1.32 bits per heavy atom. The molecule has 4 unspecified atom stereocenters. The topological polar surface area (TPSA) is 191 Å². The van der Waals surface area contributed by atoms with Gasteiger partial charge in [-0.25, -0.2) is 14.4 Å². The van der Waals surface area contributed by atoms with Crippen molar-refractivity contribution in [3.63, 3.8) is 0 Å². The van der Waals surface area contributed by atoms with Crippen LogP contribution in [0.4, 0.5) is 9.59 Å². The zero-order valence-electron chi connectivity index (χ0n) is 34.7. The number of aliphatic hydroxyl groups excluding tert-OH is 1. The summed E-state index contributed by atoms with van der Waals surface area (Å²) in [6.07, 6.45) is 3.86. The van der Waals surface area contributed by atoms with Crippen LogP contribution in [0.1, 0.15) is 60.8 Å². The van der Waals surface area contributed by atoms with Crippen molar-refractivity contribution in [2.45, 2.75) is 82.9 Å². The van der Waals surface area contributed by atoms with E-state index in [2.05, 4.69) is 21.3 Å². The van der Waals surface area contributed by atoms with Gasteiger partial charge in [-0.2, -0.15) is 0 Å². The number of aliphatic hydroxyl groups is 1. The molecule has 0 aliphatic carbocycles. The molecular weight excluding hydrogens is 793 g/mol. The van der Waals surface area contributed by atoms with Crippen LogP contribution in [0.15, 0.2) is 127 Å². The first-order chi connectivity index (χ1) is 30.2. The molecule has 4 aromatic carbocycles. The maximum atomic E-state index is 13.8. The normalized spacial score (nSPS) is 17.1. The van der Waals surface area contributed by atoms with Gasteiger partial charge in [0.15, 0.2) is 0 Å². The summed E-state index contributed by atoms with van der Waals surface area (Å²) in [5, 5.41) is 21.3. The average Bonchev–Trinajstić information content (AvgIpc) is 3.29. The van der Waals surface area contributed by atoms with Crippen LogP contribution in [-0.4, -0.2) is 73.0 Å². The van der Waals surface area contributed by atoms with Crippen LogP contribution in [-0.2, 0) is 54.8 Å². The summed E-state index contributed by atoms with van der Waals surface area (Å²) in [5.74, 6) is -1.62. The Hall–Kier alpha value is -6.67. The highest BCUT2D eigenvalue weighted by atomic mass is 16.6. The molecule has 4 amide bonds. The average molecular weight is 849 g/mol. The Kier molecular flexibility index (Phi) is 19.3. The van der Waals surface area contributed by atoms with Crippen LogP contribution < -0.4 is 26.0 Å². The van der Waals surface area contributed by atoms with Crippen molar-refractivity contribution in [2.24, 2.45) is 5.92 Å². The van der Waals surface area contributed by atoms with Crippen LogP contribution in [0.25, 0.3) is 0 Å². The number of carbonyl (C=O) groups excluding carboxylic acids is 5. The number of amides is 4. The van der Waals surface area contributed by atoms with Gasteiger partial charge < -0.3 is 45.3 Å². The molecule has 4 atom stereocenters. The van der Waals surface area contributed by atoms with Crippen molar-refractivity contribution in [2.75, 3.05) is 19.8 Å². The van der Waals surface area contributed by atoms with Crippen molar-refractivity contribution >= 4 is 30.0 Å². The zero-order chi connectivity index (χ0) is 43.8. The Balaban J connectivity index is 1.16. The smallest absolute Gasteiger partial charge is 0.408 e. The predicted octanol–water partition coefficient (Wildman–Crippen LogP) is 6.06. The number of hydrogen-bond acceptors (Lipinski definition) is 10. The minimum absolute atomic E-state index is 0.00923. The summed E-state index contributed by atoms with van der Waals surface area (Å²) in [7, 11) is 0. The lowest BCUT2D eigenvalue weighted by Crippen LogP contribution is -2.46. The van der Waals surface area contributed by atoms with Gasteiger partial charge in [0.25, 0.3) is 0 Å². The highest BCUT2D eigenvalue weighted by Crippen LogP contribution is 2.18. The van der Waals surface area contributed by atoms with Gasteiger partial charge in [-0.3, -0.25) is 9.59 Å². The minimum atomic E-state index is -1.08. The van der Waals surface area contributed by atoms with E-state index in [1.165, 1.54) is 0 Å². The Morgan fingerprint density at radius 1 is 0.726 bits per heavy atom. The van der Waals surface area contributed by atoms with E-state index in [0.717, 1.165) is 22.3 Å². The highest BCUT2D eigenvalue weighted by molar-refractivity contribution is 5.86. The third-order valence-electron chi connectivity index (χ3n) is 10.0. The molecule has 62 heavy (non-hydrogen) atoms. The van der Waals surface area contributed by atoms with Gasteiger partial charge in [0.05, 0.1) is 24.6 Å². The number of hydrogen-bond donors (Lipinski definition) is 5. The van der Waals surface area contributed by atoms with E-state index in [9.17, 15) is 29.1 Å². The quantitative estimate of drug-likeness (QED) is 0.0321. The van der Waals surface area contributed by atoms with Gasteiger partial charge in [-0.1, -0.05) is 115 Å². The van der Waals surface area contributed by atoms with E-state index in [0.29, 0.717) is 44.6 Å². The molecule has 0 aromatic heterocycles. The lowest BCUT2D eigenvalue weighted by Gasteiger charge is -2.25. The second-order valence-electron chi connectivity index (χ2n) is 15.0. The molecule has 0 bridgehead atoms. The van der Waals surface area contributed by atoms with Crippen LogP contribution in [0.3, 0.4) is 0 Å². The summed E-state index contributed by atoms with van der Waals surface area (Å²) in [5.41, 5.74) is 3.57. The number of cyclic esters (lactones) is 1. The fraction of sp³-hybridized carbons (Fsp3) is 0.354. The Morgan fingerprint density at radius 3 is 1.95 bits per heavy atom. The molecule has 14 nitrogen and oxygen atoms in total. The third kappa shape index (κ3) is 17.1. The molecule has 0 spiro atoms. The van der Waals surface area contributed by atoms with Crippen molar-refractivity contribution in [1.82, 2.24) is 21.3 Å². The minimum Gasteiger partial charge on any atom is -0.489 e. The van der Waals surface area contributed by atoms with Gasteiger partial charge >= 0.3 is 18.2 Å². The van der Waals surface area contributed by atoms with Crippen LogP contribution in [0.2, 0.25) is 0 Å². The van der Waals surface area contributed by atoms with E-state index in [4.69, 9.17) is 18.9 Å². The summed E-state index contributed by atoms with van der Waals surface area (Å²) in [6.45, 7) is 0.384.